The van der Waals surface area contributed by atoms with E-state index in [-0.39, 0.29) is 5.75 Å². The van der Waals surface area contributed by atoms with Crippen LogP contribution in [0.25, 0.3) is 0 Å². The third kappa shape index (κ3) is 4.01. The molecule has 0 bridgehead atoms. The van der Waals surface area contributed by atoms with Gasteiger partial charge in [-0.15, -0.1) is 0 Å². The summed E-state index contributed by atoms with van der Waals surface area (Å²) in [6.07, 6.45) is 0. The van der Waals surface area contributed by atoms with Gasteiger partial charge in [-0.05, 0) is 40.3 Å². The van der Waals surface area contributed by atoms with E-state index in [9.17, 15) is 5.11 Å². The van der Waals surface area contributed by atoms with Crippen molar-refractivity contribution < 1.29 is 19.3 Å². The van der Waals surface area contributed by atoms with Crippen molar-refractivity contribution in [3.8, 4) is 23.0 Å². The Hall–Kier alpha value is -2.19. The molecule has 2 rings (SSSR count). The number of halogens is 1. The van der Waals surface area contributed by atoms with Gasteiger partial charge in [0.1, 0.15) is 0 Å². The topological polar surface area (TPSA) is 72.0 Å². The molecule has 0 aliphatic rings. The van der Waals surface area contributed by atoms with Gasteiger partial charge in [0, 0.05) is 17.8 Å². The molecule has 0 heterocycles. The van der Waals surface area contributed by atoms with E-state index in [2.05, 4.69) is 26.6 Å². The van der Waals surface area contributed by atoms with Crippen LogP contribution in [-0.2, 0) is 0 Å². The summed E-state index contributed by atoms with van der Waals surface area (Å²) < 4.78 is 16.4. The summed E-state index contributed by atoms with van der Waals surface area (Å²) in [5.74, 6) is 1.58. The van der Waals surface area contributed by atoms with E-state index in [0.717, 1.165) is 0 Å². The highest BCUT2D eigenvalue weighted by atomic mass is 79.9. The monoisotopic (exact) mass is 412 g/mol. The van der Waals surface area contributed by atoms with Gasteiger partial charge in [-0.3, -0.25) is 0 Å². The average Bonchev–Trinajstić information content (AvgIpc) is 2.57. The van der Waals surface area contributed by atoms with Crippen LogP contribution in [0.15, 0.2) is 34.8 Å². The van der Waals surface area contributed by atoms with Crippen LogP contribution in [0.3, 0.4) is 0 Å². The Bertz CT molecular complexity index is 730. The zero-order chi connectivity index (χ0) is 17.7. The SMILES string of the molecule is COc1cc(NC(=S)Nc2cccc(Br)c2O)cc(OC)c1OC. The van der Waals surface area contributed by atoms with Gasteiger partial charge >= 0.3 is 0 Å². The maximum absolute atomic E-state index is 9.99. The molecular formula is C16H17BrN2O4S. The van der Waals surface area contributed by atoms with Crippen LogP contribution < -0.4 is 24.8 Å². The number of phenolic OH excluding ortho intramolecular Hbond substituents is 1. The van der Waals surface area contributed by atoms with Crippen molar-refractivity contribution in [3.05, 3.63) is 34.8 Å². The van der Waals surface area contributed by atoms with Gasteiger partial charge in [0.15, 0.2) is 22.4 Å². The fraction of sp³-hybridized carbons (Fsp3) is 0.188. The van der Waals surface area contributed by atoms with Crippen molar-refractivity contribution in [1.82, 2.24) is 0 Å². The lowest BCUT2D eigenvalue weighted by atomic mass is 10.2. The number of anilines is 2. The molecule has 0 spiro atoms. The average molecular weight is 413 g/mol. The highest BCUT2D eigenvalue weighted by Gasteiger charge is 2.14. The summed E-state index contributed by atoms with van der Waals surface area (Å²) in [7, 11) is 4.62. The highest BCUT2D eigenvalue weighted by Crippen LogP contribution is 2.40. The fourth-order valence-corrected chi connectivity index (χ4v) is 2.65. The quantitative estimate of drug-likeness (QED) is 0.506. The first-order valence-electron chi connectivity index (χ1n) is 6.85. The van der Waals surface area contributed by atoms with E-state index < -0.39 is 0 Å². The Kier molecular flexibility index (Phi) is 6.10. The summed E-state index contributed by atoms with van der Waals surface area (Å²) in [6, 6.07) is 8.69. The first kappa shape index (κ1) is 18.2. The van der Waals surface area contributed by atoms with Crippen LogP contribution in [0, 0.1) is 0 Å². The molecule has 6 nitrogen and oxygen atoms in total. The van der Waals surface area contributed by atoms with E-state index >= 15 is 0 Å². The Morgan fingerprint density at radius 1 is 1.04 bits per heavy atom. The number of methoxy groups -OCH3 is 3. The first-order chi connectivity index (χ1) is 11.5. The molecule has 0 aromatic heterocycles. The molecule has 0 amide bonds. The smallest absolute Gasteiger partial charge is 0.203 e. The minimum Gasteiger partial charge on any atom is -0.505 e. The lowest BCUT2D eigenvalue weighted by Gasteiger charge is -2.16. The Morgan fingerprint density at radius 3 is 2.21 bits per heavy atom. The van der Waals surface area contributed by atoms with Crippen molar-refractivity contribution in [2.24, 2.45) is 0 Å². The van der Waals surface area contributed by atoms with Crippen molar-refractivity contribution in [2.75, 3.05) is 32.0 Å². The molecule has 0 aliphatic heterocycles. The van der Waals surface area contributed by atoms with E-state index in [1.807, 2.05) is 0 Å². The number of aromatic hydroxyl groups is 1. The summed E-state index contributed by atoms with van der Waals surface area (Å²) >= 11 is 8.54. The maximum Gasteiger partial charge on any atom is 0.203 e. The van der Waals surface area contributed by atoms with Crippen LogP contribution in [0.1, 0.15) is 0 Å². The Labute approximate surface area is 153 Å². The number of hydrogen-bond acceptors (Lipinski definition) is 5. The Balaban J connectivity index is 2.21. The molecule has 0 aliphatic carbocycles. The van der Waals surface area contributed by atoms with E-state index in [0.29, 0.717) is 38.2 Å². The van der Waals surface area contributed by atoms with Crippen LogP contribution in [0.2, 0.25) is 0 Å². The number of para-hydroxylation sites is 1. The zero-order valence-electron chi connectivity index (χ0n) is 13.3. The van der Waals surface area contributed by atoms with Gasteiger partial charge in [0.05, 0.1) is 31.5 Å². The lowest BCUT2D eigenvalue weighted by molar-refractivity contribution is 0.324. The van der Waals surface area contributed by atoms with Gasteiger partial charge in [-0.25, -0.2) is 0 Å². The second-order valence-electron chi connectivity index (χ2n) is 4.63. The Morgan fingerprint density at radius 2 is 1.67 bits per heavy atom. The molecule has 24 heavy (non-hydrogen) atoms. The molecule has 128 valence electrons. The standard InChI is InChI=1S/C16H17BrN2O4S/c1-21-12-7-9(8-13(22-2)15(12)23-3)18-16(24)19-11-6-4-5-10(17)14(11)20/h4-8,20H,1-3H3,(H2,18,19,24). The van der Waals surface area contributed by atoms with Crippen molar-refractivity contribution >= 4 is 44.6 Å². The van der Waals surface area contributed by atoms with Crippen molar-refractivity contribution in [1.29, 1.82) is 0 Å². The largest absolute Gasteiger partial charge is 0.505 e. The molecular weight excluding hydrogens is 396 g/mol. The molecule has 8 heteroatoms. The number of phenols is 1. The predicted octanol–water partition coefficient (Wildman–Crippen LogP) is 3.99. The van der Waals surface area contributed by atoms with E-state index in [1.54, 1.807) is 30.3 Å². The van der Waals surface area contributed by atoms with Gasteiger partial charge in [-0.1, -0.05) is 6.07 Å². The third-order valence-electron chi connectivity index (χ3n) is 3.16. The normalized spacial score (nSPS) is 10.0. The van der Waals surface area contributed by atoms with E-state index in [1.165, 1.54) is 21.3 Å². The van der Waals surface area contributed by atoms with E-state index in [4.69, 9.17) is 26.4 Å². The molecule has 0 atom stereocenters. The van der Waals surface area contributed by atoms with Crippen LogP contribution in [-0.4, -0.2) is 31.5 Å². The summed E-state index contributed by atoms with van der Waals surface area (Å²) in [5.41, 5.74) is 1.13. The lowest BCUT2D eigenvalue weighted by Crippen LogP contribution is -2.19. The molecule has 2 aromatic carbocycles. The summed E-state index contributed by atoms with van der Waals surface area (Å²) in [6.45, 7) is 0. The number of rotatable bonds is 5. The molecule has 3 N–H and O–H groups in total. The van der Waals surface area contributed by atoms with Gasteiger partial charge < -0.3 is 30.0 Å². The second-order valence-corrected chi connectivity index (χ2v) is 5.89. The molecule has 0 unspecified atom stereocenters. The number of nitrogens with one attached hydrogen (secondary N) is 2. The van der Waals surface area contributed by atoms with Gasteiger partial charge in [0.25, 0.3) is 0 Å². The molecule has 0 fully saturated rings. The maximum atomic E-state index is 9.99. The highest BCUT2D eigenvalue weighted by molar-refractivity contribution is 9.10. The summed E-state index contributed by atoms with van der Waals surface area (Å²) in [5, 5.41) is 16.2. The molecule has 2 aromatic rings. The van der Waals surface area contributed by atoms with Crippen LogP contribution in [0.5, 0.6) is 23.0 Å². The number of thiocarbonyl (C=S) groups is 1. The van der Waals surface area contributed by atoms with Gasteiger partial charge in [-0.2, -0.15) is 0 Å². The number of hydrogen-bond donors (Lipinski definition) is 3. The summed E-state index contributed by atoms with van der Waals surface area (Å²) in [4.78, 5) is 0. The van der Waals surface area contributed by atoms with Crippen LogP contribution in [0.4, 0.5) is 11.4 Å². The first-order valence-corrected chi connectivity index (χ1v) is 8.05. The van der Waals surface area contributed by atoms with Crippen LogP contribution >= 0.6 is 28.1 Å². The minimum atomic E-state index is 0.0755. The fourth-order valence-electron chi connectivity index (χ4n) is 2.05. The molecule has 0 saturated heterocycles. The minimum absolute atomic E-state index is 0.0755. The number of benzene rings is 2. The number of ether oxygens (including phenoxy) is 3. The molecule has 0 radical (unpaired) electrons. The third-order valence-corrected chi connectivity index (χ3v) is 4.00. The molecule has 0 saturated carbocycles. The van der Waals surface area contributed by atoms with Gasteiger partial charge in [0.2, 0.25) is 5.75 Å². The second kappa shape index (κ2) is 8.07. The predicted molar refractivity (Wildman–Crippen MR) is 102 cm³/mol. The van der Waals surface area contributed by atoms with Crippen molar-refractivity contribution in [3.63, 3.8) is 0 Å². The zero-order valence-corrected chi connectivity index (χ0v) is 15.7. The van der Waals surface area contributed by atoms with Crippen molar-refractivity contribution in [2.45, 2.75) is 0 Å².